The predicted octanol–water partition coefficient (Wildman–Crippen LogP) is 25.5. The van der Waals surface area contributed by atoms with Gasteiger partial charge in [-0.05, 0) is 51.4 Å². The summed E-state index contributed by atoms with van der Waals surface area (Å²) in [7, 11) is 0. The highest BCUT2D eigenvalue weighted by Gasteiger charge is 2.20. The van der Waals surface area contributed by atoms with E-state index in [1.807, 2.05) is 0 Å². The Bertz CT molecular complexity index is 1370. The summed E-state index contributed by atoms with van der Waals surface area (Å²) < 4.78 is 17.0. The second-order valence-corrected chi connectivity index (χ2v) is 25.2. The van der Waals surface area contributed by atoms with Crippen LogP contribution in [0.15, 0.2) is 36.5 Å². The molecular weight excluding hydrogens is 1010 g/mol. The molecule has 6 heteroatoms. The zero-order chi connectivity index (χ0) is 59.2. The minimum Gasteiger partial charge on any atom is -0.462 e. The number of allylic oxidation sites excluding steroid dienone is 6. The fraction of sp³-hybridized carbons (Fsp3) is 0.882. The molecule has 0 amide bonds. The van der Waals surface area contributed by atoms with E-state index in [0.29, 0.717) is 19.3 Å². The van der Waals surface area contributed by atoms with Crippen LogP contribution in [-0.4, -0.2) is 37.2 Å². The van der Waals surface area contributed by atoms with Crippen molar-refractivity contribution in [3.8, 4) is 0 Å². The molecule has 82 heavy (non-hydrogen) atoms. The lowest BCUT2D eigenvalue weighted by molar-refractivity contribution is -0.167. The first kappa shape index (κ1) is 79.6. The lowest BCUT2D eigenvalue weighted by Gasteiger charge is -2.18. The normalized spacial score (nSPS) is 12.2. The van der Waals surface area contributed by atoms with Crippen LogP contribution in [0.1, 0.15) is 412 Å². The van der Waals surface area contributed by atoms with Crippen molar-refractivity contribution in [1.29, 1.82) is 0 Å². The Kier molecular flexibility index (Phi) is 69.1. The fourth-order valence-electron chi connectivity index (χ4n) is 11.4. The molecule has 0 heterocycles. The summed E-state index contributed by atoms with van der Waals surface area (Å²) in [6, 6.07) is 0. The maximum absolute atomic E-state index is 13.0. The SMILES string of the molecule is CC/C=C\C/C=C\C/C=C\CCCCCCCCCC(=O)OCC(COC(=O)CCCCCCCCCCCCCCCCCCCCCCCCCCCCCCC)OC(=O)CCCCCCCCCCCCCCCCCCCC. The van der Waals surface area contributed by atoms with Gasteiger partial charge in [0, 0.05) is 19.3 Å². The van der Waals surface area contributed by atoms with Crippen molar-refractivity contribution in [1.82, 2.24) is 0 Å². The van der Waals surface area contributed by atoms with E-state index >= 15 is 0 Å². The molecule has 6 nitrogen and oxygen atoms in total. The molecule has 0 aliphatic heterocycles. The van der Waals surface area contributed by atoms with Gasteiger partial charge in [0.2, 0.25) is 0 Å². The smallest absolute Gasteiger partial charge is 0.306 e. The van der Waals surface area contributed by atoms with Gasteiger partial charge in [0.05, 0.1) is 0 Å². The lowest BCUT2D eigenvalue weighted by atomic mass is 10.0. The molecular formula is C76H142O6. The quantitative estimate of drug-likeness (QED) is 0.0261. The standard InChI is InChI=1S/C76H142O6/c1-4-7-10-13-16-19-22-25-28-31-33-34-35-36-37-38-39-40-41-42-43-46-48-51-54-57-60-63-66-69-75(78)81-72-73(71-80-74(77)68-65-62-59-56-53-50-47-44-30-27-24-21-18-15-12-9-6-3)82-76(79)70-67-64-61-58-55-52-49-45-32-29-26-23-20-17-14-11-8-5-2/h9,12,18,21,27,30,73H,4-8,10-11,13-17,19-20,22-26,28-29,31-72H2,1-3H3/b12-9-,21-18-,30-27-. The summed E-state index contributed by atoms with van der Waals surface area (Å²) in [4.78, 5) is 38.5. The van der Waals surface area contributed by atoms with E-state index in [1.54, 1.807) is 0 Å². The summed E-state index contributed by atoms with van der Waals surface area (Å²) in [5.74, 6) is -0.846. The molecule has 0 aliphatic carbocycles. The molecule has 0 rings (SSSR count). The average molecular weight is 1150 g/mol. The van der Waals surface area contributed by atoms with E-state index in [9.17, 15) is 14.4 Å². The average Bonchev–Trinajstić information content (AvgIpc) is 3.47. The molecule has 0 N–H and O–H groups in total. The van der Waals surface area contributed by atoms with Gasteiger partial charge in [-0.2, -0.15) is 0 Å². The zero-order valence-electron chi connectivity index (χ0n) is 55.5. The highest BCUT2D eigenvalue weighted by Crippen LogP contribution is 2.19. The molecule has 0 saturated heterocycles. The molecule has 0 aromatic carbocycles. The van der Waals surface area contributed by atoms with Crippen molar-refractivity contribution < 1.29 is 28.6 Å². The summed E-state index contributed by atoms with van der Waals surface area (Å²) in [5, 5.41) is 0. The first-order chi connectivity index (χ1) is 40.5. The first-order valence-electron chi connectivity index (χ1n) is 37.0. The van der Waals surface area contributed by atoms with Gasteiger partial charge in [0.15, 0.2) is 6.10 Å². The van der Waals surface area contributed by atoms with E-state index in [0.717, 1.165) is 83.5 Å². The second kappa shape index (κ2) is 71.1. The van der Waals surface area contributed by atoms with Crippen LogP contribution in [0.25, 0.3) is 0 Å². The van der Waals surface area contributed by atoms with Gasteiger partial charge in [0.25, 0.3) is 0 Å². The Labute approximate surface area is 512 Å². The second-order valence-electron chi connectivity index (χ2n) is 25.2. The molecule has 0 spiro atoms. The van der Waals surface area contributed by atoms with Crippen molar-refractivity contribution in [3.05, 3.63) is 36.5 Å². The van der Waals surface area contributed by atoms with Crippen LogP contribution < -0.4 is 0 Å². The van der Waals surface area contributed by atoms with Gasteiger partial charge in [0.1, 0.15) is 13.2 Å². The van der Waals surface area contributed by atoms with Crippen molar-refractivity contribution in [2.45, 2.75) is 419 Å². The van der Waals surface area contributed by atoms with E-state index in [1.165, 1.54) is 289 Å². The number of ether oxygens (including phenoxy) is 3. The maximum Gasteiger partial charge on any atom is 0.306 e. The Morgan fingerprint density at radius 1 is 0.256 bits per heavy atom. The molecule has 482 valence electrons. The summed E-state index contributed by atoms with van der Waals surface area (Å²) in [6.45, 7) is 6.61. The molecule has 0 aliphatic rings. The summed E-state index contributed by atoms with van der Waals surface area (Å²) >= 11 is 0. The largest absolute Gasteiger partial charge is 0.462 e. The van der Waals surface area contributed by atoms with Gasteiger partial charge in [-0.1, -0.05) is 378 Å². The van der Waals surface area contributed by atoms with E-state index in [-0.39, 0.29) is 31.1 Å². The monoisotopic (exact) mass is 1150 g/mol. The van der Waals surface area contributed by atoms with Crippen molar-refractivity contribution in [2.75, 3.05) is 13.2 Å². The van der Waals surface area contributed by atoms with Crippen LogP contribution in [0.4, 0.5) is 0 Å². The number of carbonyl (C=O) groups is 3. The molecule has 1 unspecified atom stereocenters. The summed E-state index contributed by atoms with van der Waals surface area (Å²) in [5.41, 5.74) is 0. The number of rotatable bonds is 69. The molecule has 0 radical (unpaired) electrons. The molecule has 0 aromatic rings. The van der Waals surface area contributed by atoms with Crippen molar-refractivity contribution in [3.63, 3.8) is 0 Å². The fourth-order valence-corrected chi connectivity index (χ4v) is 11.4. The third-order valence-electron chi connectivity index (χ3n) is 16.9. The Hall–Kier alpha value is -2.37. The third kappa shape index (κ3) is 68.4. The maximum atomic E-state index is 13.0. The minimum absolute atomic E-state index is 0.0691. The van der Waals surface area contributed by atoms with Crippen LogP contribution in [-0.2, 0) is 28.6 Å². The van der Waals surface area contributed by atoms with E-state index < -0.39 is 6.10 Å². The molecule has 0 aromatic heterocycles. The Balaban J connectivity index is 4.21. The summed E-state index contributed by atoms with van der Waals surface area (Å²) in [6.07, 6.45) is 89.1. The highest BCUT2D eigenvalue weighted by molar-refractivity contribution is 5.71. The molecule has 0 saturated carbocycles. The number of unbranched alkanes of at least 4 members (excludes halogenated alkanes) is 52. The van der Waals surface area contributed by atoms with Gasteiger partial charge in [-0.3, -0.25) is 14.4 Å². The number of hydrogen-bond donors (Lipinski definition) is 0. The van der Waals surface area contributed by atoms with Gasteiger partial charge < -0.3 is 14.2 Å². The topological polar surface area (TPSA) is 78.9 Å². The Morgan fingerprint density at radius 2 is 0.476 bits per heavy atom. The first-order valence-corrected chi connectivity index (χ1v) is 37.0. The molecule has 0 fully saturated rings. The molecule has 0 bridgehead atoms. The van der Waals surface area contributed by atoms with Crippen LogP contribution >= 0.6 is 0 Å². The number of hydrogen-bond acceptors (Lipinski definition) is 6. The van der Waals surface area contributed by atoms with Gasteiger partial charge in [-0.25, -0.2) is 0 Å². The van der Waals surface area contributed by atoms with Crippen LogP contribution in [0.3, 0.4) is 0 Å². The van der Waals surface area contributed by atoms with E-state index in [4.69, 9.17) is 14.2 Å². The minimum atomic E-state index is -0.774. The Morgan fingerprint density at radius 3 is 0.744 bits per heavy atom. The number of esters is 3. The third-order valence-corrected chi connectivity index (χ3v) is 16.9. The van der Waals surface area contributed by atoms with Crippen molar-refractivity contribution in [2.24, 2.45) is 0 Å². The van der Waals surface area contributed by atoms with E-state index in [2.05, 4.69) is 57.2 Å². The lowest BCUT2D eigenvalue weighted by Crippen LogP contribution is -2.30. The molecule has 1 atom stereocenters. The van der Waals surface area contributed by atoms with Crippen LogP contribution in [0, 0.1) is 0 Å². The zero-order valence-corrected chi connectivity index (χ0v) is 55.5. The predicted molar refractivity (Wildman–Crippen MR) is 358 cm³/mol. The van der Waals surface area contributed by atoms with Crippen LogP contribution in [0.5, 0.6) is 0 Å². The highest BCUT2D eigenvalue weighted by atomic mass is 16.6. The van der Waals surface area contributed by atoms with Crippen LogP contribution in [0.2, 0.25) is 0 Å². The van der Waals surface area contributed by atoms with Gasteiger partial charge >= 0.3 is 17.9 Å². The van der Waals surface area contributed by atoms with Gasteiger partial charge in [-0.15, -0.1) is 0 Å². The van der Waals surface area contributed by atoms with Crippen molar-refractivity contribution >= 4 is 17.9 Å². The number of carbonyl (C=O) groups excluding carboxylic acids is 3.